The van der Waals surface area contributed by atoms with Gasteiger partial charge in [0.2, 0.25) is 0 Å². The summed E-state index contributed by atoms with van der Waals surface area (Å²) in [6, 6.07) is 18.4. The summed E-state index contributed by atoms with van der Waals surface area (Å²) in [5.41, 5.74) is 0.689. The Hall–Kier alpha value is -1.79. The van der Waals surface area contributed by atoms with E-state index in [9.17, 15) is 9.36 Å². The maximum Gasteiger partial charge on any atom is 0.377 e. The molecule has 90 valence electrons. The summed E-state index contributed by atoms with van der Waals surface area (Å²) < 4.78 is 12.0. The van der Waals surface area contributed by atoms with Gasteiger partial charge in [0.15, 0.2) is 17.2 Å². The van der Waals surface area contributed by atoms with Crippen LogP contribution in [-0.2, 0) is 4.57 Å². The second-order valence-corrected chi connectivity index (χ2v) is 5.70. The van der Waals surface area contributed by atoms with Gasteiger partial charge >= 0.3 is 7.80 Å². The largest absolute Gasteiger partial charge is 0.377 e. The molecule has 0 radical (unpaired) electrons. The zero-order valence-electron chi connectivity index (χ0n) is 9.95. The summed E-state index contributed by atoms with van der Waals surface area (Å²) in [4.78, 5) is 11.9. The lowest BCUT2D eigenvalue weighted by Gasteiger charge is -1.96. The van der Waals surface area contributed by atoms with Crippen LogP contribution in [0.3, 0.4) is 0 Å². The van der Waals surface area contributed by atoms with E-state index in [0.717, 1.165) is 5.30 Å². The van der Waals surface area contributed by atoms with Crippen molar-refractivity contribution in [3.05, 3.63) is 66.2 Å². The highest BCUT2D eigenvalue weighted by Crippen LogP contribution is 2.21. The molecule has 1 unspecified atom stereocenters. The number of carbonyl (C=O) groups excluding carboxylic acids is 1. The van der Waals surface area contributed by atoms with Crippen molar-refractivity contribution in [3.63, 3.8) is 0 Å². The Balaban J connectivity index is 1.93. The van der Waals surface area contributed by atoms with Crippen LogP contribution in [0.1, 0.15) is 16.8 Å². The molecule has 18 heavy (non-hydrogen) atoms. The van der Waals surface area contributed by atoms with Crippen molar-refractivity contribution in [2.75, 3.05) is 6.16 Å². The molecule has 0 aliphatic carbocycles. The Morgan fingerprint density at radius 1 is 0.889 bits per heavy atom. The minimum atomic E-state index is -1.47. The second kappa shape index (κ2) is 6.23. The van der Waals surface area contributed by atoms with Crippen molar-refractivity contribution in [2.24, 2.45) is 0 Å². The van der Waals surface area contributed by atoms with Gasteiger partial charge in [0, 0.05) is 5.56 Å². The lowest BCUT2D eigenvalue weighted by molar-refractivity contribution is 0.0989. The molecule has 0 spiro atoms. The van der Waals surface area contributed by atoms with Gasteiger partial charge in [0.05, 0.1) is 6.42 Å². The summed E-state index contributed by atoms with van der Waals surface area (Å²) >= 11 is 0. The van der Waals surface area contributed by atoms with Gasteiger partial charge < -0.3 is 0 Å². The molecule has 3 heteroatoms. The first-order valence-corrected chi connectivity index (χ1v) is 7.30. The van der Waals surface area contributed by atoms with E-state index in [2.05, 4.69) is 0 Å². The van der Waals surface area contributed by atoms with Crippen molar-refractivity contribution in [1.82, 2.24) is 0 Å². The molecule has 0 fully saturated rings. The maximum absolute atomic E-state index is 12.0. The van der Waals surface area contributed by atoms with Crippen LogP contribution in [-0.4, -0.2) is 11.9 Å². The summed E-state index contributed by atoms with van der Waals surface area (Å²) in [6.07, 6.45) is 0.737. The van der Waals surface area contributed by atoms with E-state index in [0.29, 0.717) is 18.1 Å². The van der Waals surface area contributed by atoms with Crippen LogP contribution in [0.25, 0.3) is 0 Å². The monoisotopic (exact) mass is 257 g/mol. The molecular weight excluding hydrogens is 243 g/mol. The molecular formula is C15H14O2P+. The summed E-state index contributed by atoms with van der Waals surface area (Å²) in [5.74, 6) is 0.0508. The van der Waals surface area contributed by atoms with E-state index in [1.165, 1.54) is 0 Å². The molecule has 1 atom stereocenters. The van der Waals surface area contributed by atoms with E-state index in [-0.39, 0.29) is 5.78 Å². The van der Waals surface area contributed by atoms with Crippen LogP contribution < -0.4 is 5.30 Å². The first kappa shape index (κ1) is 12.7. The van der Waals surface area contributed by atoms with Gasteiger partial charge in [-0.3, -0.25) is 4.79 Å². The Bertz CT molecular complexity index is 483. The summed E-state index contributed by atoms with van der Waals surface area (Å²) in [7, 11) is -1.47. The number of benzene rings is 2. The molecule has 0 aliphatic rings. The van der Waals surface area contributed by atoms with Crippen LogP contribution in [0.4, 0.5) is 0 Å². The zero-order valence-corrected chi connectivity index (χ0v) is 10.8. The first-order valence-electron chi connectivity index (χ1n) is 5.85. The fraction of sp³-hybridized carbons (Fsp3) is 0.133. The van der Waals surface area contributed by atoms with Gasteiger partial charge in [-0.15, -0.1) is 0 Å². The highest BCUT2D eigenvalue weighted by molar-refractivity contribution is 7.53. The lowest BCUT2D eigenvalue weighted by Crippen LogP contribution is -2.03. The predicted molar refractivity (Wildman–Crippen MR) is 73.9 cm³/mol. The molecule has 0 N–H and O–H groups in total. The third-order valence-electron chi connectivity index (χ3n) is 2.68. The van der Waals surface area contributed by atoms with Gasteiger partial charge in [-0.05, 0) is 12.1 Å². The molecule has 0 bridgehead atoms. The molecule has 0 heterocycles. The summed E-state index contributed by atoms with van der Waals surface area (Å²) in [6.45, 7) is 0. The number of rotatable bonds is 5. The second-order valence-electron chi connectivity index (χ2n) is 3.98. The zero-order chi connectivity index (χ0) is 12.8. The third kappa shape index (κ3) is 3.35. The maximum atomic E-state index is 12.0. The molecule has 0 saturated heterocycles. The SMILES string of the molecule is O=C(CC[P+](=O)c1ccccc1)c1ccccc1. The average molecular weight is 257 g/mol. The van der Waals surface area contributed by atoms with Crippen molar-refractivity contribution in [3.8, 4) is 0 Å². The van der Waals surface area contributed by atoms with E-state index in [4.69, 9.17) is 0 Å². The Labute approximate surface area is 107 Å². The minimum absolute atomic E-state index is 0.0508. The van der Waals surface area contributed by atoms with Crippen LogP contribution in [0, 0.1) is 0 Å². The highest BCUT2D eigenvalue weighted by Gasteiger charge is 2.20. The van der Waals surface area contributed by atoms with Crippen molar-refractivity contribution in [1.29, 1.82) is 0 Å². The molecule has 0 saturated carbocycles. The van der Waals surface area contributed by atoms with Crippen LogP contribution >= 0.6 is 7.80 Å². The Morgan fingerprint density at radius 2 is 1.44 bits per heavy atom. The van der Waals surface area contributed by atoms with E-state index < -0.39 is 7.80 Å². The number of carbonyl (C=O) groups is 1. The molecule has 2 nitrogen and oxygen atoms in total. The number of ketones is 1. The quantitative estimate of drug-likeness (QED) is 0.607. The van der Waals surface area contributed by atoms with Gasteiger partial charge in [-0.25, -0.2) is 0 Å². The van der Waals surface area contributed by atoms with Crippen LogP contribution in [0.5, 0.6) is 0 Å². The van der Waals surface area contributed by atoms with Gasteiger partial charge in [-0.2, -0.15) is 0 Å². The highest BCUT2D eigenvalue weighted by atomic mass is 31.1. The number of hydrogen-bond acceptors (Lipinski definition) is 2. The fourth-order valence-electron chi connectivity index (χ4n) is 1.69. The van der Waals surface area contributed by atoms with Crippen LogP contribution in [0.15, 0.2) is 60.7 Å². The number of Topliss-reactive ketones (excluding diaryl/α,β-unsaturated/α-hetero) is 1. The third-order valence-corrected chi connectivity index (χ3v) is 4.19. The number of hydrogen-bond donors (Lipinski definition) is 0. The lowest BCUT2D eigenvalue weighted by atomic mass is 10.1. The van der Waals surface area contributed by atoms with Gasteiger partial charge in [0.1, 0.15) is 0 Å². The molecule has 2 rings (SSSR count). The van der Waals surface area contributed by atoms with Gasteiger partial charge in [-0.1, -0.05) is 53.1 Å². The molecule has 0 aromatic heterocycles. The van der Waals surface area contributed by atoms with Crippen molar-refractivity contribution in [2.45, 2.75) is 6.42 Å². The molecule has 2 aromatic rings. The van der Waals surface area contributed by atoms with Gasteiger partial charge in [0.25, 0.3) is 0 Å². The molecule has 0 amide bonds. The van der Waals surface area contributed by atoms with E-state index in [1.54, 1.807) is 12.1 Å². The van der Waals surface area contributed by atoms with E-state index in [1.807, 2.05) is 48.5 Å². The fourth-order valence-corrected chi connectivity index (χ4v) is 2.86. The van der Waals surface area contributed by atoms with E-state index >= 15 is 0 Å². The molecule has 0 aliphatic heterocycles. The van der Waals surface area contributed by atoms with Crippen molar-refractivity contribution < 1.29 is 9.36 Å². The Kier molecular flexibility index (Phi) is 4.38. The predicted octanol–water partition coefficient (Wildman–Crippen LogP) is 3.41. The summed E-state index contributed by atoms with van der Waals surface area (Å²) in [5, 5.41) is 0.813. The first-order chi connectivity index (χ1) is 8.77. The molecule has 2 aromatic carbocycles. The standard InChI is InChI=1S/C15H14O2P/c16-15(13-7-3-1-4-8-13)11-12-18(17)14-9-5-2-6-10-14/h1-10H,11-12H2/q+1. The van der Waals surface area contributed by atoms with Crippen molar-refractivity contribution >= 4 is 18.9 Å². The topological polar surface area (TPSA) is 34.1 Å². The Morgan fingerprint density at radius 3 is 2.06 bits per heavy atom. The average Bonchev–Trinajstić information content (AvgIpc) is 2.46. The normalized spacial score (nSPS) is 11.0. The van der Waals surface area contributed by atoms with Crippen LogP contribution in [0.2, 0.25) is 0 Å². The minimum Gasteiger partial charge on any atom is -0.294 e. The smallest absolute Gasteiger partial charge is 0.294 e.